The minimum Gasteiger partial charge on any atom is -0.495 e. The van der Waals surface area contributed by atoms with Gasteiger partial charge < -0.3 is 24.1 Å². The topological polar surface area (TPSA) is 138 Å². The number of rotatable bonds is 9. The Morgan fingerprint density at radius 3 is 2.67 bits per heavy atom. The number of aryl methyl sites for hydroxylation is 1. The van der Waals surface area contributed by atoms with Gasteiger partial charge in [0, 0.05) is 29.9 Å². The summed E-state index contributed by atoms with van der Waals surface area (Å²) in [7, 11) is 1.54. The van der Waals surface area contributed by atoms with Gasteiger partial charge in [-0.2, -0.15) is 0 Å². The molecule has 1 aliphatic rings. The largest absolute Gasteiger partial charge is 0.495 e. The SMILES string of the molecule is COc1cnc2c(-c3nc4cc(F)c(O[C@@H]5CCCC(F)(F)C5)c(OC(=O)Nc5cnc(OCCO)nc5)c4s3)cc(C)cc2c1. The van der Waals surface area contributed by atoms with Crippen LogP contribution in [0.15, 0.2) is 42.9 Å². The summed E-state index contributed by atoms with van der Waals surface area (Å²) in [5.74, 6) is -4.09. The number of ether oxygens (including phenoxy) is 4. The molecule has 0 radical (unpaired) electrons. The summed E-state index contributed by atoms with van der Waals surface area (Å²) in [6.45, 7) is 1.67. The second-order valence-corrected chi connectivity index (χ2v) is 11.7. The third-order valence-corrected chi connectivity index (χ3v) is 8.29. The molecule has 1 amide bonds. The van der Waals surface area contributed by atoms with Crippen LogP contribution >= 0.6 is 11.3 Å². The molecule has 3 aromatic heterocycles. The van der Waals surface area contributed by atoms with Crippen LogP contribution in [0.25, 0.3) is 31.7 Å². The van der Waals surface area contributed by atoms with E-state index in [1.807, 2.05) is 25.1 Å². The van der Waals surface area contributed by atoms with E-state index in [2.05, 4.69) is 25.3 Å². The third-order valence-electron chi connectivity index (χ3n) is 7.19. The molecule has 240 valence electrons. The number of carbonyl (C=O) groups is 1. The van der Waals surface area contributed by atoms with Gasteiger partial charge in [0.15, 0.2) is 17.3 Å². The second kappa shape index (κ2) is 12.9. The van der Waals surface area contributed by atoms with Gasteiger partial charge in [-0.1, -0.05) is 0 Å². The first-order valence-corrected chi connectivity index (χ1v) is 15.1. The quantitative estimate of drug-likeness (QED) is 0.177. The average molecular weight is 656 g/mol. The number of alkyl halides is 2. The molecule has 15 heteroatoms. The Kier molecular flexibility index (Phi) is 8.77. The highest BCUT2D eigenvalue weighted by Crippen LogP contribution is 2.46. The minimum atomic E-state index is -2.96. The van der Waals surface area contributed by atoms with Crippen molar-refractivity contribution in [1.82, 2.24) is 19.9 Å². The van der Waals surface area contributed by atoms with Crippen molar-refractivity contribution in [2.75, 3.05) is 25.6 Å². The molecule has 2 aromatic carbocycles. The van der Waals surface area contributed by atoms with Gasteiger partial charge in [0.1, 0.15) is 28.2 Å². The zero-order valence-corrected chi connectivity index (χ0v) is 25.5. The number of methoxy groups -OCH3 is 1. The molecule has 2 N–H and O–H groups in total. The lowest BCUT2D eigenvalue weighted by Crippen LogP contribution is -2.33. The minimum absolute atomic E-state index is 0.0144. The molecule has 6 rings (SSSR count). The molecule has 0 saturated heterocycles. The first-order chi connectivity index (χ1) is 22.1. The lowest BCUT2D eigenvalue weighted by molar-refractivity contribution is -0.0704. The molecule has 11 nitrogen and oxygen atoms in total. The number of anilines is 1. The smallest absolute Gasteiger partial charge is 0.417 e. The van der Waals surface area contributed by atoms with E-state index in [4.69, 9.17) is 24.1 Å². The summed E-state index contributed by atoms with van der Waals surface area (Å²) in [5, 5.41) is 12.6. The Morgan fingerprint density at radius 1 is 1.13 bits per heavy atom. The van der Waals surface area contributed by atoms with E-state index in [0.717, 1.165) is 28.4 Å². The van der Waals surface area contributed by atoms with Crippen LogP contribution in [0.4, 0.5) is 23.7 Å². The average Bonchev–Trinajstić information content (AvgIpc) is 3.44. The molecule has 0 spiro atoms. The highest BCUT2D eigenvalue weighted by molar-refractivity contribution is 7.22. The summed E-state index contributed by atoms with van der Waals surface area (Å²) in [5.41, 5.74) is 2.49. The number of halogens is 3. The van der Waals surface area contributed by atoms with Crippen LogP contribution < -0.4 is 24.3 Å². The maximum Gasteiger partial charge on any atom is 0.417 e. The number of aliphatic hydroxyl groups is 1. The zero-order valence-electron chi connectivity index (χ0n) is 24.7. The van der Waals surface area contributed by atoms with Gasteiger partial charge >= 0.3 is 12.1 Å². The molecule has 1 atom stereocenters. The fourth-order valence-corrected chi connectivity index (χ4v) is 6.22. The molecular weight excluding hydrogens is 627 g/mol. The number of hydrogen-bond donors (Lipinski definition) is 2. The number of benzene rings is 2. The van der Waals surface area contributed by atoms with Gasteiger partial charge in [0.25, 0.3) is 5.92 Å². The highest BCUT2D eigenvalue weighted by atomic mass is 32.1. The van der Waals surface area contributed by atoms with Gasteiger partial charge in [-0.25, -0.2) is 32.9 Å². The van der Waals surface area contributed by atoms with E-state index in [0.29, 0.717) is 21.8 Å². The van der Waals surface area contributed by atoms with Crippen molar-refractivity contribution < 1.29 is 42.0 Å². The van der Waals surface area contributed by atoms with Crippen LogP contribution in [0.5, 0.6) is 23.3 Å². The van der Waals surface area contributed by atoms with E-state index < -0.39 is 36.1 Å². The van der Waals surface area contributed by atoms with Crippen molar-refractivity contribution in [3.63, 3.8) is 0 Å². The lowest BCUT2D eigenvalue weighted by Gasteiger charge is -2.29. The number of thiazole rings is 1. The number of aromatic nitrogens is 4. The van der Waals surface area contributed by atoms with Gasteiger partial charge in [-0.15, -0.1) is 11.3 Å². The molecule has 0 aliphatic heterocycles. The van der Waals surface area contributed by atoms with Crippen LogP contribution in [-0.4, -0.2) is 63.5 Å². The van der Waals surface area contributed by atoms with Crippen molar-refractivity contribution in [2.45, 2.75) is 44.6 Å². The van der Waals surface area contributed by atoms with E-state index in [-0.39, 0.29) is 60.1 Å². The standard InChI is InChI=1S/C31H28F3N5O6S/c1-16-8-17-10-20(42-2)15-35-24(17)21(9-16)28-39-23-11-22(32)25(44-19-4-3-5-31(33,34)12-19)26(27(23)46-28)45-30(41)38-18-13-36-29(37-14-18)43-7-6-40/h8-11,13-15,19,40H,3-7,12H2,1-2H3,(H,38,41)/t19-/m1/s1. The van der Waals surface area contributed by atoms with Gasteiger partial charge in [-0.3, -0.25) is 10.3 Å². The number of pyridine rings is 1. The summed E-state index contributed by atoms with van der Waals surface area (Å²) >= 11 is 1.11. The predicted octanol–water partition coefficient (Wildman–Crippen LogP) is 6.70. The molecule has 0 bridgehead atoms. The van der Waals surface area contributed by atoms with Crippen LogP contribution in [0.3, 0.4) is 0 Å². The molecule has 0 unspecified atom stereocenters. The van der Waals surface area contributed by atoms with Crippen molar-refractivity contribution in [2.24, 2.45) is 0 Å². The summed E-state index contributed by atoms with van der Waals surface area (Å²) in [6, 6.07) is 6.78. The number of amides is 1. The molecule has 3 heterocycles. The number of fused-ring (bicyclic) bond motifs is 2. The fraction of sp³-hybridized carbons (Fsp3) is 0.323. The number of carbonyl (C=O) groups excluding carboxylic acids is 1. The molecule has 5 aromatic rings. The van der Waals surface area contributed by atoms with Crippen molar-refractivity contribution in [1.29, 1.82) is 0 Å². The Labute approximate surface area is 264 Å². The molecule has 1 aliphatic carbocycles. The van der Waals surface area contributed by atoms with Crippen molar-refractivity contribution in [3.8, 4) is 33.8 Å². The Balaban J connectivity index is 1.40. The normalized spacial score (nSPS) is 15.9. The maximum atomic E-state index is 15.7. The van der Waals surface area contributed by atoms with Crippen LogP contribution in [0, 0.1) is 12.7 Å². The zero-order chi connectivity index (χ0) is 32.4. The van der Waals surface area contributed by atoms with Crippen LogP contribution in [-0.2, 0) is 0 Å². The number of nitrogens with zero attached hydrogens (tertiary/aromatic N) is 4. The lowest BCUT2D eigenvalue weighted by atomic mass is 9.94. The van der Waals surface area contributed by atoms with E-state index in [1.54, 1.807) is 13.3 Å². The maximum absolute atomic E-state index is 15.7. The summed E-state index contributed by atoms with van der Waals surface area (Å²) in [4.78, 5) is 30.2. The Hall–Kier alpha value is -4.76. The molecule has 1 fully saturated rings. The Bertz CT molecular complexity index is 1910. The van der Waals surface area contributed by atoms with Gasteiger partial charge in [0.2, 0.25) is 0 Å². The highest BCUT2D eigenvalue weighted by Gasteiger charge is 2.38. The third kappa shape index (κ3) is 6.74. The Morgan fingerprint density at radius 2 is 1.93 bits per heavy atom. The van der Waals surface area contributed by atoms with Crippen LogP contribution in [0.2, 0.25) is 0 Å². The van der Waals surface area contributed by atoms with E-state index in [9.17, 15) is 13.6 Å². The van der Waals surface area contributed by atoms with Gasteiger partial charge in [-0.05, 0) is 43.5 Å². The van der Waals surface area contributed by atoms with E-state index in [1.165, 1.54) is 12.4 Å². The first kappa shape index (κ1) is 31.2. The second-order valence-electron chi connectivity index (χ2n) is 10.7. The summed E-state index contributed by atoms with van der Waals surface area (Å²) in [6.07, 6.45) is 1.62. The molecular formula is C31H28F3N5O6S. The fourth-order valence-electron chi connectivity index (χ4n) is 5.18. The van der Waals surface area contributed by atoms with Crippen LogP contribution in [0.1, 0.15) is 31.2 Å². The molecule has 46 heavy (non-hydrogen) atoms. The monoisotopic (exact) mass is 655 g/mol. The number of hydrogen-bond acceptors (Lipinski definition) is 11. The van der Waals surface area contributed by atoms with Crippen molar-refractivity contribution in [3.05, 3.63) is 54.2 Å². The summed E-state index contributed by atoms with van der Waals surface area (Å²) < 4.78 is 66.4. The number of nitrogens with one attached hydrogen (secondary N) is 1. The van der Waals surface area contributed by atoms with E-state index >= 15 is 4.39 Å². The number of aliphatic hydroxyl groups excluding tert-OH is 1. The molecule has 1 saturated carbocycles. The van der Waals surface area contributed by atoms with Gasteiger partial charge in [0.05, 0.1) is 49.0 Å². The van der Waals surface area contributed by atoms with Crippen molar-refractivity contribution >= 4 is 44.2 Å². The first-order valence-electron chi connectivity index (χ1n) is 14.3. The predicted molar refractivity (Wildman–Crippen MR) is 164 cm³/mol.